The fourth-order valence-corrected chi connectivity index (χ4v) is 2.84. The molecule has 9 heteroatoms. The van der Waals surface area contributed by atoms with Gasteiger partial charge in [0.15, 0.2) is 6.67 Å². The van der Waals surface area contributed by atoms with Crippen LogP contribution in [-0.2, 0) is 31.5 Å². The molecule has 0 aliphatic heterocycles. The lowest BCUT2D eigenvalue weighted by molar-refractivity contribution is -0.917. The second-order valence-corrected chi connectivity index (χ2v) is 6.49. The van der Waals surface area contributed by atoms with E-state index in [1.807, 2.05) is 7.05 Å². The molecule has 130 valence electrons. The zero-order chi connectivity index (χ0) is 17.9. The van der Waals surface area contributed by atoms with E-state index in [0.717, 1.165) is 4.90 Å². The number of aryl methyl sites for hydroxylation is 1. The molecule has 6 nitrogen and oxygen atoms in total. The summed E-state index contributed by atoms with van der Waals surface area (Å²) in [4.78, 5) is 11.9. The first-order valence-corrected chi connectivity index (χ1v) is 8.23. The topological polar surface area (TPSA) is 70.3 Å². The summed E-state index contributed by atoms with van der Waals surface area (Å²) in [5.41, 5.74) is 5.64. The van der Waals surface area contributed by atoms with Gasteiger partial charge in [0.25, 0.3) is 0 Å². The van der Waals surface area contributed by atoms with Gasteiger partial charge in [-0.25, -0.2) is 4.39 Å². The first-order chi connectivity index (χ1) is 11.3. The third-order valence-electron chi connectivity index (χ3n) is 3.69. The molecule has 2 rings (SSSR count). The standard InChI is InChI=1S/C15H19ClFN5OS/c1-20(8-10-11(16)4-3-5-12(10)17)9-22-15(24)21(2)14(19-22)7-6-13(18)23/h3-5H,6-9H2,1-2H3,(H2,18,23)/p+1. The molecule has 1 unspecified atom stereocenters. The Hall–Kier alpha value is -1.77. The summed E-state index contributed by atoms with van der Waals surface area (Å²) in [7, 11) is 3.70. The predicted molar refractivity (Wildman–Crippen MR) is 91.5 cm³/mol. The minimum Gasteiger partial charge on any atom is -0.370 e. The molecule has 0 aliphatic carbocycles. The van der Waals surface area contributed by atoms with Gasteiger partial charge in [0, 0.05) is 19.9 Å². The lowest BCUT2D eigenvalue weighted by Crippen LogP contribution is -3.07. The van der Waals surface area contributed by atoms with E-state index in [1.165, 1.54) is 6.07 Å². The van der Waals surface area contributed by atoms with Crippen LogP contribution >= 0.6 is 23.8 Å². The Kier molecular flexibility index (Phi) is 6.09. The number of amides is 1. The van der Waals surface area contributed by atoms with Crippen LogP contribution in [0.15, 0.2) is 18.2 Å². The van der Waals surface area contributed by atoms with Crippen LogP contribution in [0.25, 0.3) is 0 Å². The summed E-state index contributed by atoms with van der Waals surface area (Å²) in [5, 5.41) is 4.83. The molecule has 1 aromatic carbocycles. The van der Waals surface area contributed by atoms with E-state index in [2.05, 4.69) is 5.10 Å². The minimum absolute atomic E-state index is 0.215. The van der Waals surface area contributed by atoms with Gasteiger partial charge >= 0.3 is 0 Å². The van der Waals surface area contributed by atoms with Crippen LogP contribution in [0.2, 0.25) is 5.02 Å². The van der Waals surface area contributed by atoms with E-state index in [4.69, 9.17) is 29.6 Å². The second kappa shape index (κ2) is 7.87. The molecular weight excluding hydrogens is 353 g/mol. The van der Waals surface area contributed by atoms with Crippen LogP contribution in [0.5, 0.6) is 0 Å². The van der Waals surface area contributed by atoms with Gasteiger partial charge in [-0.3, -0.25) is 4.79 Å². The van der Waals surface area contributed by atoms with Crippen molar-refractivity contribution in [2.75, 3.05) is 7.05 Å². The maximum atomic E-state index is 13.9. The van der Waals surface area contributed by atoms with Crippen LogP contribution < -0.4 is 10.6 Å². The highest BCUT2D eigenvalue weighted by atomic mass is 35.5. The maximum Gasteiger partial charge on any atom is 0.217 e. The van der Waals surface area contributed by atoms with Crippen molar-refractivity contribution in [2.24, 2.45) is 12.8 Å². The Morgan fingerprint density at radius 1 is 1.50 bits per heavy atom. The van der Waals surface area contributed by atoms with Crippen LogP contribution in [0.1, 0.15) is 17.8 Å². The van der Waals surface area contributed by atoms with E-state index in [-0.39, 0.29) is 18.1 Å². The number of nitrogens with zero attached hydrogens (tertiary/aromatic N) is 3. The number of nitrogens with two attached hydrogens (primary N) is 1. The van der Waals surface area contributed by atoms with Crippen molar-refractivity contribution in [1.82, 2.24) is 14.3 Å². The van der Waals surface area contributed by atoms with Crippen molar-refractivity contribution >= 4 is 29.7 Å². The average molecular weight is 373 g/mol. The summed E-state index contributed by atoms with van der Waals surface area (Å²) in [6.07, 6.45) is 0.647. The monoisotopic (exact) mass is 372 g/mol. The first-order valence-electron chi connectivity index (χ1n) is 7.44. The SMILES string of the molecule is Cn1c(CCC(N)=O)nn(C[NH+](C)Cc2c(F)cccc2Cl)c1=S. The van der Waals surface area contributed by atoms with E-state index in [0.29, 0.717) is 40.8 Å². The van der Waals surface area contributed by atoms with Gasteiger partial charge < -0.3 is 15.2 Å². The summed E-state index contributed by atoms with van der Waals surface area (Å²) in [5.74, 6) is -0.0171. The molecule has 1 aromatic heterocycles. The van der Waals surface area contributed by atoms with Crippen molar-refractivity contribution in [3.8, 4) is 0 Å². The lowest BCUT2D eigenvalue weighted by Gasteiger charge is -2.15. The van der Waals surface area contributed by atoms with Crippen molar-refractivity contribution in [2.45, 2.75) is 26.1 Å². The number of hydrogen-bond acceptors (Lipinski definition) is 3. The van der Waals surface area contributed by atoms with Gasteiger partial charge in [0.1, 0.15) is 18.2 Å². The molecule has 1 atom stereocenters. The number of carbonyl (C=O) groups excluding carboxylic acids is 1. The van der Waals surface area contributed by atoms with Gasteiger partial charge in [-0.1, -0.05) is 17.7 Å². The molecule has 0 spiro atoms. The number of aromatic nitrogens is 3. The van der Waals surface area contributed by atoms with Gasteiger partial charge in [0.2, 0.25) is 10.7 Å². The Morgan fingerprint density at radius 3 is 2.83 bits per heavy atom. The third-order valence-corrected chi connectivity index (χ3v) is 4.52. The van der Waals surface area contributed by atoms with E-state index < -0.39 is 0 Å². The molecule has 0 radical (unpaired) electrons. The summed E-state index contributed by atoms with van der Waals surface area (Å²) in [6.45, 7) is 0.856. The molecule has 0 aliphatic rings. The van der Waals surface area contributed by atoms with Crippen molar-refractivity contribution < 1.29 is 14.1 Å². The molecule has 1 amide bonds. The lowest BCUT2D eigenvalue weighted by atomic mass is 10.2. The number of quaternary nitrogens is 1. The minimum atomic E-state index is -0.382. The van der Waals surface area contributed by atoms with Crippen molar-refractivity contribution in [1.29, 1.82) is 0 Å². The fourth-order valence-electron chi connectivity index (χ4n) is 2.40. The molecule has 0 saturated carbocycles. The molecular formula is C15H20ClFN5OS+. The first kappa shape index (κ1) is 18.6. The number of halogens is 2. The van der Waals surface area contributed by atoms with Gasteiger partial charge in [0.05, 0.1) is 17.6 Å². The number of primary amides is 1. The number of rotatable bonds is 7. The van der Waals surface area contributed by atoms with Crippen LogP contribution in [0.4, 0.5) is 4.39 Å². The zero-order valence-corrected chi connectivity index (χ0v) is 15.1. The Bertz CT molecular complexity index is 783. The largest absolute Gasteiger partial charge is 0.370 e. The summed E-state index contributed by atoms with van der Waals surface area (Å²) >= 11 is 11.4. The van der Waals surface area contributed by atoms with E-state index in [9.17, 15) is 9.18 Å². The second-order valence-electron chi connectivity index (χ2n) is 5.72. The predicted octanol–water partition coefficient (Wildman–Crippen LogP) is 0.834. The Balaban J connectivity index is 2.12. The highest BCUT2D eigenvalue weighted by molar-refractivity contribution is 7.71. The van der Waals surface area contributed by atoms with Gasteiger partial charge in [-0.05, 0) is 24.4 Å². The normalized spacial score (nSPS) is 12.3. The molecule has 24 heavy (non-hydrogen) atoms. The van der Waals surface area contributed by atoms with Crippen molar-refractivity contribution in [3.05, 3.63) is 45.2 Å². The highest BCUT2D eigenvalue weighted by Crippen LogP contribution is 2.17. The molecule has 3 N–H and O–H groups in total. The van der Waals surface area contributed by atoms with Crippen LogP contribution in [0, 0.1) is 10.6 Å². The highest BCUT2D eigenvalue weighted by Gasteiger charge is 2.15. The summed E-state index contributed by atoms with van der Waals surface area (Å²) in [6, 6.07) is 4.64. The quantitative estimate of drug-likeness (QED) is 0.707. The van der Waals surface area contributed by atoms with E-state index in [1.54, 1.807) is 28.4 Å². The molecule has 0 saturated heterocycles. The van der Waals surface area contributed by atoms with Crippen LogP contribution in [-0.4, -0.2) is 27.3 Å². The average Bonchev–Trinajstić information content (AvgIpc) is 2.77. The van der Waals surface area contributed by atoms with Crippen LogP contribution in [0.3, 0.4) is 0 Å². The number of hydrogen-bond donors (Lipinski definition) is 2. The fraction of sp³-hybridized carbons (Fsp3) is 0.400. The Morgan fingerprint density at radius 2 is 2.21 bits per heavy atom. The number of nitrogens with one attached hydrogen (secondary N) is 1. The molecule has 0 bridgehead atoms. The maximum absolute atomic E-state index is 13.9. The molecule has 2 aromatic rings. The zero-order valence-electron chi connectivity index (χ0n) is 13.6. The van der Waals surface area contributed by atoms with E-state index >= 15 is 0 Å². The third kappa shape index (κ3) is 4.40. The molecule has 1 heterocycles. The molecule has 0 fully saturated rings. The smallest absolute Gasteiger partial charge is 0.217 e. The number of carbonyl (C=O) groups is 1. The summed E-state index contributed by atoms with van der Waals surface area (Å²) < 4.78 is 17.8. The van der Waals surface area contributed by atoms with Gasteiger partial charge in [-0.15, -0.1) is 0 Å². The number of benzene rings is 1. The Labute approximate surface area is 149 Å². The van der Waals surface area contributed by atoms with Crippen molar-refractivity contribution in [3.63, 3.8) is 0 Å². The van der Waals surface area contributed by atoms with Gasteiger partial charge in [-0.2, -0.15) is 9.78 Å².